The summed E-state index contributed by atoms with van der Waals surface area (Å²) in [5.41, 5.74) is 2.72. The van der Waals surface area contributed by atoms with Crippen LogP contribution in [-0.4, -0.2) is 23.8 Å². The molecule has 166 valence electrons. The molecule has 0 amide bonds. The SMILES string of the molecule is CC(C)=CCOc1cc2oc(=O)ccc2cc1O.COc1cccc2c(C)cc(=O)[nH]c12. The second kappa shape index (κ2) is 9.87. The third-order valence-electron chi connectivity index (χ3n) is 4.70. The van der Waals surface area contributed by atoms with Gasteiger partial charge >= 0.3 is 5.63 Å². The van der Waals surface area contributed by atoms with Crippen LogP contribution in [0.3, 0.4) is 0 Å². The molecule has 2 aromatic carbocycles. The van der Waals surface area contributed by atoms with Crippen LogP contribution in [0.25, 0.3) is 21.9 Å². The van der Waals surface area contributed by atoms with E-state index in [1.165, 1.54) is 18.2 Å². The van der Waals surface area contributed by atoms with Crippen LogP contribution in [-0.2, 0) is 0 Å². The molecule has 0 saturated carbocycles. The number of aromatic nitrogens is 1. The van der Waals surface area contributed by atoms with Gasteiger partial charge in [0, 0.05) is 29.0 Å². The van der Waals surface area contributed by atoms with Crippen molar-refractivity contribution in [2.75, 3.05) is 13.7 Å². The number of aryl methyl sites for hydroxylation is 1. The molecule has 0 spiro atoms. The topological polar surface area (TPSA) is 102 Å². The number of aromatic amines is 1. The van der Waals surface area contributed by atoms with Gasteiger partial charge in [0.05, 0.1) is 12.6 Å². The van der Waals surface area contributed by atoms with E-state index in [1.54, 1.807) is 19.2 Å². The molecule has 4 rings (SSSR count). The molecule has 2 aromatic heterocycles. The predicted molar refractivity (Wildman–Crippen MR) is 125 cm³/mol. The molecule has 0 aliphatic carbocycles. The molecule has 0 aliphatic heterocycles. The average molecular weight is 435 g/mol. The number of hydrogen-bond donors (Lipinski definition) is 2. The fourth-order valence-electron chi connectivity index (χ4n) is 3.09. The van der Waals surface area contributed by atoms with Crippen molar-refractivity contribution in [2.45, 2.75) is 20.8 Å². The van der Waals surface area contributed by atoms with E-state index in [9.17, 15) is 14.7 Å². The zero-order chi connectivity index (χ0) is 23.3. The summed E-state index contributed by atoms with van der Waals surface area (Å²) in [5.74, 6) is 1.02. The minimum atomic E-state index is -0.427. The molecular weight excluding hydrogens is 410 g/mol. The van der Waals surface area contributed by atoms with Crippen LogP contribution in [0, 0.1) is 6.92 Å². The smallest absolute Gasteiger partial charge is 0.336 e. The Hall–Kier alpha value is -4.00. The number of phenolic OH excluding ortho intramolecular Hbond substituents is 1. The summed E-state index contributed by atoms with van der Waals surface area (Å²) in [7, 11) is 1.59. The summed E-state index contributed by atoms with van der Waals surface area (Å²) in [6.07, 6.45) is 1.89. The van der Waals surface area contributed by atoms with Crippen LogP contribution in [0.1, 0.15) is 19.4 Å². The number of allylic oxidation sites excluding steroid dienone is 1. The van der Waals surface area contributed by atoms with Crippen LogP contribution in [0.15, 0.2) is 74.2 Å². The van der Waals surface area contributed by atoms with Gasteiger partial charge in [-0.3, -0.25) is 4.79 Å². The number of ether oxygens (including phenoxy) is 2. The Morgan fingerprint density at radius 1 is 1.09 bits per heavy atom. The lowest BCUT2D eigenvalue weighted by Gasteiger charge is -2.07. The highest BCUT2D eigenvalue weighted by atomic mass is 16.5. The molecule has 7 nitrogen and oxygen atoms in total. The van der Waals surface area contributed by atoms with E-state index < -0.39 is 5.63 Å². The number of fused-ring (bicyclic) bond motifs is 2. The summed E-state index contributed by atoms with van der Waals surface area (Å²) in [5, 5.41) is 11.4. The zero-order valence-electron chi connectivity index (χ0n) is 18.4. The van der Waals surface area contributed by atoms with Gasteiger partial charge in [-0.2, -0.15) is 0 Å². The van der Waals surface area contributed by atoms with Gasteiger partial charge in [-0.1, -0.05) is 17.7 Å². The van der Waals surface area contributed by atoms with E-state index in [2.05, 4.69) is 4.98 Å². The maximum atomic E-state index is 11.3. The molecule has 2 heterocycles. The van der Waals surface area contributed by atoms with Crippen molar-refractivity contribution in [3.05, 3.63) is 86.5 Å². The average Bonchev–Trinajstić information content (AvgIpc) is 2.74. The van der Waals surface area contributed by atoms with Gasteiger partial charge in [0.1, 0.15) is 17.9 Å². The molecule has 0 fully saturated rings. The number of pyridine rings is 1. The Kier molecular flexibility index (Phi) is 7.00. The van der Waals surface area contributed by atoms with Gasteiger partial charge in [-0.05, 0) is 50.6 Å². The summed E-state index contributed by atoms with van der Waals surface area (Å²) in [4.78, 5) is 25.1. The van der Waals surface area contributed by atoms with Crippen molar-refractivity contribution in [2.24, 2.45) is 0 Å². The highest BCUT2D eigenvalue weighted by Gasteiger charge is 2.07. The van der Waals surface area contributed by atoms with E-state index in [4.69, 9.17) is 13.9 Å². The molecule has 4 aromatic rings. The van der Waals surface area contributed by atoms with Crippen LogP contribution in [0.2, 0.25) is 0 Å². The second-order valence-corrected chi connectivity index (χ2v) is 7.40. The molecule has 0 aliphatic rings. The zero-order valence-corrected chi connectivity index (χ0v) is 18.4. The highest BCUT2D eigenvalue weighted by molar-refractivity contribution is 5.87. The quantitative estimate of drug-likeness (QED) is 0.356. The highest BCUT2D eigenvalue weighted by Crippen LogP contribution is 2.30. The van der Waals surface area contributed by atoms with E-state index in [-0.39, 0.29) is 11.3 Å². The third-order valence-corrected chi connectivity index (χ3v) is 4.70. The van der Waals surface area contributed by atoms with Crippen molar-refractivity contribution in [3.63, 3.8) is 0 Å². The van der Waals surface area contributed by atoms with Crippen LogP contribution < -0.4 is 20.7 Å². The summed E-state index contributed by atoms with van der Waals surface area (Å²) < 4.78 is 15.6. The van der Waals surface area contributed by atoms with Gasteiger partial charge in [-0.25, -0.2) is 4.79 Å². The lowest BCUT2D eigenvalue weighted by Crippen LogP contribution is -2.05. The number of nitrogens with one attached hydrogen (secondary N) is 1. The molecule has 0 atom stereocenters. The Balaban J connectivity index is 0.000000186. The van der Waals surface area contributed by atoms with E-state index in [1.807, 2.05) is 45.0 Å². The first-order chi connectivity index (χ1) is 15.3. The summed E-state index contributed by atoms with van der Waals surface area (Å²) >= 11 is 0. The Morgan fingerprint density at radius 2 is 1.88 bits per heavy atom. The van der Waals surface area contributed by atoms with Crippen LogP contribution >= 0.6 is 0 Å². The van der Waals surface area contributed by atoms with Crippen LogP contribution in [0.5, 0.6) is 17.2 Å². The second-order valence-electron chi connectivity index (χ2n) is 7.40. The van der Waals surface area contributed by atoms with Crippen molar-refractivity contribution in [3.8, 4) is 17.2 Å². The maximum Gasteiger partial charge on any atom is 0.336 e. The van der Waals surface area contributed by atoms with Crippen molar-refractivity contribution in [1.82, 2.24) is 4.98 Å². The number of benzene rings is 2. The molecule has 2 N–H and O–H groups in total. The first-order valence-electron chi connectivity index (χ1n) is 9.98. The summed E-state index contributed by atoms with van der Waals surface area (Å²) in [6, 6.07) is 13.2. The maximum absolute atomic E-state index is 11.3. The van der Waals surface area contributed by atoms with Crippen molar-refractivity contribution >= 4 is 21.9 Å². The van der Waals surface area contributed by atoms with Gasteiger partial charge < -0.3 is 24.0 Å². The Morgan fingerprint density at radius 3 is 2.59 bits per heavy atom. The molecule has 32 heavy (non-hydrogen) atoms. The number of aromatic hydroxyl groups is 1. The molecular formula is C25H25NO6. The minimum absolute atomic E-state index is 0.0264. The number of phenols is 1. The lowest BCUT2D eigenvalue weighted by atomic mass is 10.1. The standard InChI is InChI=1S/C14H14O4.C11H11NO2/c1-9(2)5-6-17-13-8-12-10(7-11(13)15)3-4-14(16)18-12;1-7-6-10(13)12-11-8(7)4-3-5-9(11)14-2/h3-5,7-8,15H,6H2,1-2H3;3-6H,1-2H3,(H,12,13). The lowest BCUT2D eigenvalue weighted by molar-refractivity contribution is 0.335. The van der Waals surface area contributed by atoms with E-state index in [0.29, 0.717) is 29.1 Å². The normalized spacial score (nSPS) is 10.4. The van der Waals surface area contributed by atoms with Gasteiger partial charge in [0.2, 0.25) is 5.56 Å². The number of rotatable bonds is 4. The van der Waals surface area contributed by atoms with Crippen molar-refractivity contribution < 1.29 is 19.0 Å². The minimum Gasteiger partial charge on any atom is -0.504 e. The molecule has 0 radical (unpaired) electrons. The largest absolute Gasteiger partial charge is 0.504 e. The van der Waals surface area contributed by atoms with Gasteiger partial charge in [0.15, 0.2) is 11.5 Å². The predicted octanol–water partition coefficient (Wildman–Crippen LogP) is 4.69. The number of methoxy groups -OCH3 is 1. The van der Waals surface area contributed by atoms with Crippen molar-refractivity contribution in [1.29, 1.82) is 0 Å². The van der Waals surface area contributed by atoms with Gasteiger partial charge in [-0.15, -0.1) is 0 Å². The monoisotopic (exact) mass is 435 g/mol. The fourth-order valence-corrected chi connectivity index (χ4v) is 3.09. The molecule has 0 saturated heterocycles. The first kappa shape index (κ1) is 22.7. The summed E-state index contributed by atoms with van der Waals surface area (Å²) in [6.45, 7) is 6.20. The third kappa shape index (κ3) is 5.37. The van der Waals surface area contributed by atoms with Crippen LogP contribution in [0.4, 0.5) is 0 Å². The molecule has 0 bridgehead atoms. The fraction of sp³-hybridized carbons (Fsp3) is 0.200. The Bertz CT molecular complexity index is 1390. The van der Waals surface area contributed by atoms with E-state index >= 15 is 0 Å². The molecule has 7 heteroatoms. The number of H-pyrrole nitrogens is 1. The number of hydrogen-bond acceptors (Lipinski definition) is 6. The van der Waals surface area contributed by atoms with E-state index in [0.717, 1.165) is 22.0 Å². The van der Waals surface area contributed by atoms with Gasteiger partial charge in [0.25, 0.3) is 0 Å². The Labute approximate surface area is 184 Å². The first-order valence-corrected chi connectivity index (χ1v) is 9.98. The molecule has 0 unspecified atom stereocenters. The number of para-hydroxylation sites is 1.